The maximum atomic E-state index is 11.4. The van der Waals surface area contributed by atoms with Crippen molar-refractivity contribution >= 4 is 22.5 Å². The number of benzene rings is 1. The topological polar surface area (TPSA) is 22.0 Å². The van der Waals surface area contributed by atoms with Crippen molar-refractivity contribution in [3.05, 3.63) is 45.2 Å². The fourth-order valence-electron chi connectivity index (χ4n) is 1.85. The molecule has 0 N–H and O–H groups in total. The van der Waals surface area contributed by atoms with Gasteiger partial charge in [-0.15, -0.1) is 0 Å². The van der Waals surface area contributed by atoms with Crippen LogP contribution in [0.25, 0.3) is 10.9 Å². The SMILES string of the molecule is CCc1c(Cl)ccc2c1ccc(=O)n2C. The van der Waals surface area contributed by atoms with Gasteiger partial charge in [-0.1, -0.05) is 18.5 Å². The molecule has 1 aromatic heterocycles. The molecule has 0 spiro atoms. The van der Waals surface area contributed by atoms with Crippen LogP contribution in [0.3, 0.4) is 0 Å². The number of hydrogen-bond acceptors (Lipinski definition) is 1. The number of aromatic nitrogens is 1. The molecule has 2 aromatic rings. The fraction of sp³-hybridized carbons (Fsp3) is 0.250. The Kier molecular flexibility index (Phi) is 2.53. The van der Waals surface area contributed by atoms with Gasteiger partial charge in [0.1, 0.15) is 0 Å². The van der Waals surface area contributed by atoms with E-state index in [0.717, 1.165) is 27.9 Å². The number of pyridine rings is 1. The van der Waals surface area contributed by atoms with Crippen LogP contribution in [0.4, 0.5) is 0 Å². The van der Waals surface area contributed by atoms with Gasteiger partial charge in [0.05, 0.1) is 5.52 Å². The van der Waals surface area contributed by atoms with Crippen LogP contribution in [0.1, 0.15) is 12.5 Å². The summed E-state index contributed by atoms with van der Waals surface area (Å²) in [4.78, 5) is 11.4. The first kappa shape index (κ1) is 10.2. The van der Waals surface area contributed by atoms with Crippen molar-refractivity contribution in [2.75, 3.05) is 0 Å². The van der Waals surface area contributed by atoms with Gasteiger partial charge in [0, 0.05) is 23.5 Å². The van der Waals surface area contributed by atoms with E-state index >= 15 is 0 Å². The quantitative estimate of drug-likeness (QED) is 0.726. The lowest BCUT2D eigenvalue weighted by Gasteiger charge is -2.09. The molecule has 15 heavy (non-hydrogen) atoms. The molecule has 0 saturated carbocycles. The Bertz CT molecular complexity index is 572. The molecule has 1 aromatic carbocycles. The van der Waals surface area contributed by atoms with E-state index in [-0.39, 0.29) is 5.56 Å². The Hall–Kier alpha value is -1.28. The van der Waals surface area contributed by atoms with Crippen LogP contribution in [-0.4, -0.2) is 4.57 Å². The molecular weight excluding hydrogens is 210 g/mol. The minimum Gasteiger partial charge on any atom is -0.311 e. The van der Waals surface area contributed by atoms with E-state index in [1.54, 1.807) is 17.7 Å². The van der Waals surface area contributed by atoms with Crippen LogP contribution in [0, 0.1) is 0 Å². The monoisotopic (exact) mass is 221 g/mol. The first-order valence-electron chi connectivity index (χ1n) is 4.92. The van der Waals surface area contributed by atoms with Crippen molar-refractivity contribution in [2.24, 2.45) is 7.05 Å². The Balaban J connectivity index is 2.96. The van der Waals surface area contributed by atoms with Gasteiger partial charge in [-0.2, -0.15) is 0 Å². The van der Waals surface area contributed by atoms with Crippen molar-refractivity contribution in [2.45, 2.75) is 13.3 Å². The Morgan fingerprint density at radius 2 is 2.00 bits per heavy atom. The minimum atomic E-state index is 0.00637. The third kappa shape index (κ3) is 1.55. The van der Waals surface area contributed by atoms with Crippen molar-refractivity contribution in [3.8, 4) is 0 Å². The van der Waals surface area contributed by atoms with Crippen LogP contribution in [0.2, 0.25) is 5.02 Å². The molecule has 0 aliphatic rings. The number of fused-ring (bicyclic) bond motifs is 1. The zero-order valence-electron chi connectivity index (χ0n) is 8.75. The van der Waals surface area contributed by atoms with Crippen molar-refractivity contribution in [1.82, 2.24) is 4.57 Å². The molecule has 3 heteroatoms. The smallest absolute Gasteiger partial charge is 0.250 e. The van der Waals surface area contributed by atoms with Gasteiger partial charge >= 0.3 is 0 Å². The fourth-order valence-corrected chi connectivity index (χ4v) is 2.15. The standard InChI is InChI=1S/C12H12ClNO/c1-3-8-9-4-7-12(15)14(2)11(9)6-5-10(8)13/h4-7H,3H2,1-2H3. The Morgan fingerprint density at radius 3 is 2.67 bits per heavy atom. The molecule has 0 bridgehead atoms. The van der Waals surface area contributed by atoms with Gasteiger partial charge in [0.15, 0.2) is 0 Å². The lowest BCUT2D eigenvalue weighted by Crippen LogP contribution is -2.15. The van der Waals surface area contributed by atoms with Gasteiger partial charge in [0.25, 0.3) is 5.56 Å². The third-order valence-corrected chi connectivity index (χ3v) is 3.07. The average molecular weight is 222 g/mol. The summed E-state index contributed by atoms with van der Waals surface area (Å²) >= 11 is 6.11. The first-order chi connectivity index (χ1) is 7.15. The second-order valence-corrected chi connectivity index (χ2v) is 3.95. The van der Waals surface area contributed by atoms with E-state index < -0.39 is 0 Å². The molecule has 78 valence electrons. The van der Waals surface area contributed by atoms with Gasteiger partial charge in [-0.05, 0) is 30.2 Å². The summed E-state index contributed by atoms with van der Waals surface area (Å²) in [6.07, 6.45) is 0.869. The average Bonchev–Trinajstić information content (AvgIpc) is 2.23. The summed E-state index contributed by atoms with van der Waals surface area (Å²) in [6, 6.07) is 7.17. The highest BCUT2D eigenvalue weighted by Gasteiger charge is 2.06. The van der Waals surface area contributed by atoms with Crippen molar-refractivity contribution in [3.63, 3.8) is 0 Å². The highest BCUT2D eigenvalue weighted by Crippen LogP contribution is 2.25. The van der Waals surface area contributed by atoms with Crippen molar-refractivity contribution < 1.29 is 0 Å². The number of nitrogens with zero attached hydrogens (tertiary/aromatic N) is 1. The summed E-state index contributed by atoms with van der Waals surface area (Å²) < 4.78 is 1.64. The molecule has 0 saturated heterocycles. The first-order valence-corrected chi connectivity index (χ1v) is 5.30. The van der Waals surface area contributed by atoms with Crippen LogP contribution >= 0.6 is 11.6 Å². The minimum absolute atomic E-state index is 0.00637. The normalized spacial score (nSPS) is 10.9. The summed E-state index contributed by atoms with van der Waals surface area (Å²) in [5.74, 6) is 0. The Labute approximate surface area is 93.1 Å². The number of rotatable bonds is 1. The molecule has 0 unspecified atom stereocenters. The predicted octanol–water partition coefficient (Wildman–Crippen LogP) is 2.75. The maximum Gasteiger partial charge on any atom is 0.250 e. The zero-order valence-corrected chi connectivity index (χ0v) is 9.51. The van der Waals surface area contributed by atoms with Crippen molar-refractivity contribution in [1.29, 1.82) is 0 Å². The second-order valence-electron chi connectivity index (χ2n) is 3.54. The molecule has 1 heterocycles. The Morgan fingerprint density at radius 1 is 1.27 bits per heavy atom. The van der Waals surface area contributed by atoms with Crippen LogP contribution in [-0.2, 0) is 13.5 Å². The lowest BCUT2D eigenvalue weighted by molar-refractivity contribution is 0.904. The molecule has 2 nitrogen and oxygen atoms in total. The molecule has 0 aliphatic heterocycles. The molecular formula is C12H12ClNO. The number of halogens is 1. The van der Waals surface area contributed by atoms with E-state index in [9.17, 15) is 4.79 Å². The van der Waals surface area contributed by atoms with E-state index in [1.165, 1.54) is 0 Å². The third-order valence-electron chi connectivity index (χ3n) is 2.71. The highest BCUT2D eigenvalue weighted by atomic mass is 35.5. The van der Waals surface area contributed by atoms with E-state index in [0.29, 0.717) is 0 Å². The summed E-state index contributed by atoms with van der Waals surface area (Å²) in [5, 5.41) is 1.83. The van der Waals surface area contributed by atoms with Crippen LogP contribution in [0.15, 0.2) is 29.1 Å². The van der Waals surface area contributed by atoms with Gasteiger partial charge in [-0.3, -0.25) is 4.79 Å². The molecule has 0 radical (unpaired) electrons. The zero-order chi connectivity index (χ0) is 11.0. The van der Waals surface area contributed by atoms with Gasteiger partial charge < -0.3 is 4.57 Å². The van der Waals surface area contributed by atoms with E-state index in [4.69, 9.17) is 11.6 Å². The molecule has 0 aliphatic carbocycles. The number of hydrogen-bond donors (Lipinski definition) is 0. The molecule has 0 fully saturated rings. The molecule has 0 amide bonds. The predicted molar refractivity (Wildman–Crippen MR) is 63.6 cm³/mol. The molecule has 0 atom stereocenters. The largest absolute Gasteiger partial charge is 0.311 e. The second kappa shape index (κ2) is 3.70. The molecule has 2 rings (SSSR count). The van der Waals surface area contributed by atoms with Crippen LogP contribution in [0.5, 0.6) is 0 Å². The van der Waals surface area contributed by atoms with E-state index in [2.05, 4.69) is 6.92 Å². The van der Waals surface area contributed by atoms with Gasteiger partial charge in [-0.25, -0.2) is 0 Å². The van der Waals surface area contributed by atoms with Crippen LogP contribution < -0.4 is 5.56 Å². The summed E-state index contributed by atoms with van der Waals surface area (Å²) in [5.41, 5.74) is 2.04. The van der Waals surface area contributed by atoms with E-state index in [1.807, 2.05) is 18.2 Å². The summed E-state index contributed by atoms with van der Waals surface area (Å²) in [6.45, 7) is 2.06. The summed E-state index contributed by atoms with van der Waals surface area (Å²) in [7, 11) is 1.78. The highest BCUT2D eigenvalue weighted by molar-refractivity contribution is 6.32. The maximum absolute atomic E-state index is 11.4. The van der Waals surface area contributed by atoms with Gasteiger partial charge in [0.2, 0.25) is 0 Å². The lowest BCUT2D eigenvalue weighted by atomic mass is 10.1. The number of aryl methyl sites for hydroxylation is 2.